The molecule has 2 N–H and O–H groups in total. The molecule has 0 saturated heterocycles. The summed E-state index contributed by atoms with van der Waals surface area (Å²) in [5, 5.41) is 11.3. The molecule has 0 unspecified atom stereocenters. The van der Waals surface area contributed by atoms with Crippen molar-refractivity contribution in [2.75, 3.05) is 12.3 Å². The maximum absolute atomic E-state index is 12.1. The van der Waals surface area contributed by atoms with Crippen LogP contribution in [0.1, 0.15) is 52.4 Å². The van der Waals surface area contributed by atoms with Crippen LogP contribution in [0.5, 0.6) is 0 Å². The SMILES string of the molecule is CCC(CC)(CNC(=O)CS(=O)(=O)C1CCCC1)C(=O)O. The Morgan fingerprint density at radius 2 is 1.71 bits per heavy atom. The fourth-order valence-corrected chi connectivity index (χ4v) is 4.50. The molecule has 1 rings (SSSR count). The van der Waals surface area contributed by atoms with Crippen molar-refractivity contribution in [3.8, 4) is 0 Å². The number of carbonyl (C=O) groups excluding carboxylic acids is 1. The van der Waals surface area contributed by atoms with Crippen LogP contribution in [0.3, 0.4) is 0 Å². The Hall–Kier alpha value is -1.11. The minimum absolute atomic E-state index is 0.0334. The lowest BCUT2D eigenvalue weighted by Gasteiger charge is -2.26. The summed E-state index contributed by atoms with van der Waals surface area (Å²) >= 11 is 0. The van der Waals surface area contributed by atoms with E-state index in [1.54, 1.807) is 13.8 Å². The lowest BCUT2D eigenvalue weighted by atomic mass is 9.82. The van der Waals surface area contributed by atoms with Gasteiger partial charge >= 0.3 is 5.97 Å². The lowest BCUT2D eigenvalue weighted by molar-refractivity contribution is -0.149. The zero-order chi connectivity index (χ0) is 16.1. The van der Waals surface area contributed by atoms with Gasteiger partial charge in [0.1, 0.15) is 5.75 Å². The molecule has 21 heavy (non-hydrogen) atoms. The number of hydrogen-bond acceptors (Lipinski definition) is 4. The minimum atomic E-state index is -3.42. The largest absolute Gasteiger partial charge is 0.481 e. The Morgan fingerprint density at radius 1 is 1.19 bits per heavy atom. The maximum atomic E-state index is 12.1. The van der Waals surface area contributed by atoms with Gasteiger partial charge in [0, 0.05) is 6.54 Å². The molecule has 0 bridgehead atoms. The highest BCUT2D eigenvalue weighted by Gasteiger charge is 2.36. The van der Waals surface area contributed by atoms with Gasteiger partial charge in [-0.1, -0.05) is 26.7 Å². The van der Waals surface area contributed by atoms with Gasteiger partial charge < -0.3 is 10.4 Å². The van der Waals surface area contributed by atoms with Gasteiger partial charge in [0.05, 0.1) is 10.7 Å². The van der Waals surface area contributed by atoms with Crippen LogP contribution < -0.4 is 5.32 Å². The third-order valence-corrected chi connectivity index (χ3v) is 6.73. The highest BCUT2D eigenvalue weighted by molar-refractivity contribution is 7.92. The molecular formula is C14H25NO5S. The van der Waals surface area contributed by atoms with Crippen LogP contribution in [0, 0.1) is 5.41 Å². The van der Waals surface area contributed by atoms with Gasteiger partial charge in [0.2, 0.25) is 5.91 Å². The number of carboxylic acid groups (broad SMARTS) is 1. The second-order valence-corrected chi connectivity index (χ2v) is 8.06. The molecule has 1 aliphatic carbocycles. The van der Waals surface area contributed by atoms with Crippen molar-refractivity contribution in [3.63, 3.8) is 0 Å². The van der Waals surface area contributed by atoms with Crippen LogP contribution in [0.25, 0.3) is 0 Å². The number of carbonyl (C=O) groups is 2. The first-order valence-electron chi connectivity index (χ1n) is 7.49. The Bertz CT molecular complexity index is 476. The van der Waals surface area contributed by atoms with E-state index in [4.69, 9.17) is 0 Å². The van der Waals surface area contributed by atoms with Crippen LogP contribution in [0.15, 0.2) is 0 Å². The molecule has 1 aliphatic rings. The van der Waals surface area contributed by atoms with Crippen molar-refractivity contribution in [2.24, 2.45) is 5.41 Å². The zero-order valence-corrected chi connectivity index (χ0v) is 13.5. The van der Waals surface area contributed by atoms with Crippen molar-refractivity contribution in [3.05, 3.63) is 0 Å². The molecule has 0 aromatic carbocycles. The molecule has 1 saturated carbocycles. The van der Waals surface area contributed by atoms with E-state index in [-0.39, 0.29) is 6.54 Å². The van der Waals surface area contributed by atoms with E-state index in [1.807, 2.05) is 0 Å². The molecule has 0 radical (unpaired) electrons. The fraction of sp³-hybridized carbons (Fsp3) is 0.857. The second-order valence-electron chi connectivity index (χ2n) is 5.78. The van der Waals surface area contributed by atoms with Crippen LogP contribution in [0.4, 0.5) is 0 Å². The molecule has 122 valence electrons. The number of carboxylic acids is 1. The Balaban J connectivity index is 2.59. The van der Waals surface area contributed by atoms with Gasteiger partial charge in [-0.25, -0.2) is 8.42 Å². The van der Waals surface area contributed by atoms with E-state index >= 15 is 0 Å². The predicted octanol–water partition coefficient (Wildman–Crippen LogP) is 1.35. The normalized spacial score (nSPS) is 16.9. The predicted molar refractivity (Wildman–Crippen MR) is 79.7 cm³/mol. The number of nitrogens with one attached hydrogen (secondary N) is 1. The quantitative estimate of drug-likeness (QED) is 0.703. The van der Waals surface area contributed by atoms with Crippen molar-refractivity contribution in [1.29, 1.82) is 0 Å². The monoisotopic (exact) mass is 319 g/mol. The summed E-state index contributed by atoms with van der Waals surface area (Å²) in [6.07, 6.45) is 3.79. The van der Waals surface area contributed by atoms with Crippen LogP contribution in [-0.4, -0.2) is 42.9 Å². The summed E-state index contributed by atoms with van der Waals surface area (Å²) in [7, 11) is -3.42. The van der Waals surface area contributed by atoms with Gasteiger partial charge in [-0.2, -0.15) is 0 Å². The van der Waals surface area contributed by atoms with Crippen LogP contribution >= 0.6 is 0 Å². The first-order valence-corrected chi connectivity index (χ1v) is 9.20. The summed E-state index contributed by atoms with van der Waals surface area (Å²) in [4.78, 5) is 23.2. The number of amides is 1. The number of hydrogen-bond donors (Lipinski definition) is 2. The van der Waals surface area contributed by atoms with E-state index in [2.05, 4.69) is 5.32 Å². The topological polar surface area (TPSA) is 101 Å². The van der Waals surface area contributed by atoms with E-state index in [0.29, 0.717) is 25.7 Å². The number of aliphatic carboxylic acids is 1. The highest BCUT2D eigenvalue weighted by atomic mass is 32.2. The zero-order valence-electron chi connectivity index (χ0n) is 12.7. The number of sulfone groups is 1. The first kappa shape index (κ1) is 17.9. The van der Waals surface area contributed by atoms with Crippen molar-refractivity contribution < 1.29 is 23.1 Å². The molecule has 7 heteroatoms. The smallest absolute Gasteiger partial charge is 0.311 e. The van der Waals surface area contributed by atoms with Gasteiger partial charge in [-0.05, 0) is 25.7 Å². The van der Waals surface area contributed by atoms with E-state index in [0.717, 1.165) is 12.8 Å². The van der Waals surface area contributed by atoms with E-state index in [1.165, 1.54) is 0 Å². The van der Waals surface area contributed by atoms with Crippen molar-refractivity contribution in [1.82, 2.24) is 5.32 Å². The van der Waals surface area contributed by atoms with Crippen LogP contribution in [0.2, 0.25) is 0 Å². The molecular weight excluding hydrogens is 294 g/mol. The van der Waals surface area contributed by atoms with Crippen LogP contribution in [-0.2, 0) is 19.4 Å². The summed E-state index contributed by atoms with van der Waals surface area (Å²) in [6.45, 7) is 3.46. The standard InChI is InChI=1S/C14H25NO5S/c1-3-14(4-2,13(17)18)10-15-12(16)9-21(19,20)11-7-5-6-8-11/h11H,3-10H2,1-2H3,(H,15,16)(H,17,18). The average molecular weight is 319 g/mol. The molecule has 0 aromatic heterocycles. The Labute approximate surface area is 126 Å². The molecule has 1 amide bonds. The number of rotatable bonds is 8. The van der Waals surface area contributed by atoms with Crippen molar-refractivity contribution in [2.45, 2.75) is 57.6 Å². The minimum Gasteiger partial charge on any atom is -0.481 e. The van der Waals surface area contributed by atoms with Gasteiger partial charge in [-0.15, -0.1) is 0 Å². The second kappa shape index (κ2) is 7.24. The first-order chi connectivity index (χ1) is 9.77. The Kier molecular flexibility index (Phi) is 6.19. The highest BCUT2D eigenvalue weighted by Crippen LogP contribution is 2.26. The van der Waals surface area contributed by atoms with E-state index in [9.17, 15) is 23.1 Å². The van der Waals surface area contributed by atoms with Gasteiger partial charge in [0.15, 0.2) is 9.84 Å². The molecule has 1 fully saturated rings. The summed E-state index contributed by atoms with van der Waals surface area (Å²) < 4.78 is 24.1. The third kappa shape index (κ3) is 4.43. The summed E-state index contributed by atoms with van der Waals surface area (Å²) in [6, 6.07) is 0. The van der Waals surface area contributed by atoms with Gasteiger partial charge in [0.25, 0.3) is 0 Å². The third-order valence-electron chi connectivity index (χ3n) is 4.57. The molecule has 0 spiro atoms. The molecule has 6 nitrogen and oxygen atoms in total. The average Bonchev–Trinajstić information content (AvgIpc) is 2.94. The van der Waals surface area contributed by atoms with Gasteiger partial charge in [-0.3, -0.25) is 9.59 Å². The summed E-state index contributed by atoms with van der Waals surface area (Å²) in [5.74, 6) is -2.11. The van der Waals surface area contributed by atoms with E-state index < -0.39 is 38.1 Å². The fourth-order valence-electron chi connectivity index (χ4n) is 2.74. The lowest BCUT2D eigenvalue weighted by Crippen LogP contribution is -2.44. The molecule has 0 atom stereocenters. The molecule has 0 aliphatic heterocycles. The Morgan fingerprint density at radius 3 is 2.14 bits per heavy atom. The summed E-state index contributed by atoms with van der Waals surface area (Å²) in [5.41, 5.74) is -1.02. The molecule has 0 aromatic rings. The maximum Gasteiger partial charge on any atom is 0.311 e. The van der Waals surface area contributed by atoms with Crippen molar-refractivity contribution >= 4 is 21.7 Å². The molecule has 0 heterocycles.